The summed E-state index contributed by atoms with van der Waals surface area (Å²) in [4.78, 5) is 0. The molecule has 0 fully saturated rings. The van der Waals surface area contributed by atoms with Crippen molar-refractivity contribution in [3.8, 4) is 11.8 Å². The molecular formula is C6H9. The lowest BCUT2D eigenvalue weighted by Gasteiger charge is -1.71. The van der Waals surface area contributed by atoms with Gasteiger partial charge in [-0.3, -0.25) is 0 Å². The average molecular weight is 81.1 g/mol. The monoisotopic (exact) mass is 81.1 g/mol. The van der Waals surface area contributed by atoms with E-state index in [0.717, 1.165) is 6.42 Å². The Labute approximate surface area is 39.6 Å². The molecule has 0 heteroatoms. The second kappa shape index (κ2) is 4.56. The highest BCUT2D eigenvalue weighted by Gasteiger charge is 1.64. The van der Waals surface area contributed by atoms with Gasteiger partial charge in [0.05, 0.1) is 0 Å². The van der Waals surface area contributed by atoms with E-state index < -0.39 is 0 Å². The van der Waals surface area contributed by atoms with E-state index in [-0.39, 0.29) is 0 Å². The molecule has 0 amide bonds. The van der Waals surface area contributed by atoms with Crippen LogP contribution in [0.3, 0.4) is 0 Å². The van der Waals surface area contributed by atoms with Gasteiger partial charge in [0.2, 0.25) is 0 Å². The fraction of sp³-hybridized carbons (Fsp3) is 0.500. The van der Waals surface area contributed by atoms with E-state index in [1.165, 1.54) is 0 Å². The highest BCUT2D eigenvalue weighted by atomic mass is 13.7. The van der Waals surface area contributed by atoms with Gasteiger partial charge in [-0.1, -0.05) is 6.92 Å². The molecule has 0 saturated heterocycles. The summed E-state index contributed by atoms with van der Waals surface area (Å²) in [5, 5.41) is 0. The van der Waals surface area contributed by atoms with Crippen molar-refractivity contribution in [1.82, 2.24) is 0 Å². The quantitative estimate of drug-likeness (QED) is 0.421. The number of hydrogen-bond acceptors (Lipinski definition) is 0. The van der Waals surface area contributed by atoms with Crippen LogP contribution in [0.2, 0.25) is 0 Å². The van der Waals surface area contributed by atoms with E-state index in [4.69, 9.17) is 0 Å². The van der Waals surface area contributed by atoms with Crippen LogP contribution in [-0.4, -0.2) is 0 Å². The first-order valence-electron chi connectivity index (χ1n) is 2.09. The summed E-state index contributed by atoms with van der Waals surface area (Å²) in [6.45, 7) is 3.85. The minimum absolute atomic E-state index is 0.927. The predicted octanol–water partition coefficient (Wildman–Crippen LogP) is 1.62. The van der Waals surface area contributed by atoms with E-state index in [9.17, 15) is 0 Å². The maximum absolute atomic E-state index is 2.89. The number of unbranched alkanes of at least 4 members (excludes halogenated alkanes) is 1. The highest BCUT2D eigenvalue weighted by Crippen LogP contribution is 1.77. The van der Waals surface area contributed by atoms with Gasteiger partial charge in [0, 0.05) is 6.42 Å². The molecule has 0 N–H and O–H groups in total. The lowest BCUT2D eigenvalue weighted by atomic mass is 10.3. The molecule has 0 aliphatic rings. The van der Waals surface area contributed by atoms with Crippen molar-refractivity contribution in [2.24, 2.45) is 0 Å². The van der Waals surface area contributed by atoms with E-state index in [2.05, 4.69) is 11.8 Å². The Bertz CT molecular complexity index is 61.8. The Hall–Kier alpha value is -0.440. The summed E-state index contributed by atoms with van der Waals surface area (Å²) < 4.78 is 0. The molecular weight excluding hydrogens is 72.1 g/mol. The molecule has 1 radical (unpaired) electrons. The van der Waals surface area contributed by atoms with Crippen molar-refractivity contribution in [2.75, 3.05) is 0 Å². The fourth-order valence-electron chi connectivity index (χ4n) is 0.204. The number of hydrogen-bond donors (Lipinski definition) is 0. The van der Waals surface area contributed by atoms with Crippen molar-refractivity contribution >= 4 is 0 Å². The summed E-state index contributed by atoms with van der Waals surface area (Å²) >= 11 is 0. The molecule has 0 unspecified atom stereocenters. The molecule has 0 atom stereocenters. The molecule has 0 heterocycles. The first kappa shape index (κ1) is 5.56. The van der Waals surface area contributed by atoms with Gasteiger partial charge in [-0.15, -0.1) is 11.8 Å². The summed E-state index contributed by atoms with van der Waals surface area (Å²) in [5.74, 6) is 5.68. The van der Waals surface area contributed by atoms with Gasteiger partial charge in [0.1, 0.15) is 0 Å². The smallest absolute Gasteiger partial charge is 0.0117 e. The van der Waals surface area contributed by atoms with Gasteiger partial charge in [0.15, 0.2) is 0 Å². The van der Waals surface area contributed by atoms with Crippen molar-refractivity contribution < 1.29 is 0 Å². The molecule has 0 bridgehead atoms. The summed E-state index contributed by atoms with van der Waals surface area (Å²) in [6.07, 6.45) is 2.97. The molecule has 0 saturated carbocycles. The third kappa shape index (κ3) is 3.56. The molecule has 33 valence electrons. The Morgan fingerprint density at radius 1 is 1.67 bits per heavy atom. The van der Waals surface area contributed by atoms with E-state index in [0.29, 0.717) is 0 Å². The lowest BCUT2D eigenvalue weighted by Crippen LogP contribution is -1.58. The normalized spacial score (nSPS) is 6.33. The van der Waals surface area contributed by atoms with Crippen molar-refractivity contribution in [3.05, 3.63) is 6.42 Å². The van der Waals surface area contributed by atoms with Crippen LogP contribution in [0.4, 0.5) is 0 Å². The zero-order valence-corrected chi connectivity index (χ0v) is 4.28. The standard InChI is InChI=1S/C6H9/c1-3-5-6-4-2/h3H,5H2,1-2H3. The van der Waals surface area contributed by atoms with Crippen LogP contribution in [0.1, 0.15) is 20.3 Å². The Kier molecular flexibility index (Phi) is 4.23. The van der Waals surface area contributed by atoms with Crippen LogP contribution in [0.15, 0.2) is 0 Å². The fourth-order valence-corrected chi connectivity index (χ4v) is 0.204. The molecule has 0 aromatic heterocycles. The second-order valence-electron chi connectivity index (χ2n) is 1.04. The van der Waals surface area contributed by atoms with Gasteiger partial charge < -0.3 is 0 Å². The second-order valence-corrected chi connectivity index (χ2v) is 1.04. The third-order valence-corrected chi connectivity index (χ3v) is 0.483. The molecule has 0 aliphatic heterocycles. The van der Waals surface area contributed by atoms with Crippen LogP contribution in [0, 0.1) is 18.3 Å². The molecule has 0 aromatic rings. The largest absolute Gasteiger partial charge is 0.107 e. The predicted molar refractivity (Wildman–Crippen MR) is 28.0 cm³/mol. The Morgan fingerprint density at radius 2 is 2.33 bits per heavy atom. The van der Waals surface area contributed by atoms with Gasteiger partial charge in [0.25, 0.3) is 0 Å². The van der Waals surface area contributed by atoms with E-state index in [1.54, 1.807) is 0 Å². The van der Waals surface area contributed by atoms with Crippen LogP contribution in [-0.2, 0) is 0 Å². The van der Waals surface area contributed by atoms with Crippen LogP contribution < -0.4 is 0 Å². The lowest BCUT2D eigenvalue weighted by molar-refractivity contribution is 1.25. The van der Waals surface area contributed by atoms with E-state index >= 15 is 0 Å². The van der Waals surface area contributed by atoms with Crippen molar-refractivity contribution in [1.29, 1.82) is 0 Å². The molecule has 0 aromatic carbocycles. The zero-order chi connectivity index (χ0) is 4.83. The minimum atomic E-state index is 0.927. The molecule has 0 rings (SSSR count). The topological polar surface area (TPSA) is 0 Å². The van der Waals surface area contributed by atoms with E-state index in [1.807, 2.05) is 20.3 Å². The Balaban J connectivity index is 2.79. The summed E-state index contributed by atoms with van der Waals surface area (Å²) in [6, 6.07) is 0. The van der Waals surface area contributed by atoms with Gasteiger partial charge in [-0.2, -0.15) is 0 Å². The van der Waals surface area contributed by atoms with Gasteiger partial charge in [-0.25, -0.2) is 0 Å². The maximum Gasteiger partial charge on any atom is 0.0117 e. The summed E-state index contributed by atoms with van der Waals surface area (Å²) in [7, 11) is 0. The average Bonchev–Trinajstić information content (AvgIpc) is 1.61. The summed E-state index contributed by atoms with van der Waals surface area (Å²) in [5.41, 5.74) is 0. The molecule has 0 aliphatic carbocycles. The molecule has 6 heavy (non-hydrogen) atoms. The first-order chi connectivity index (χ1) is 2.91. The molecule has 0 nitrogen and oxygen atoms in total. The van der Waals surface area contributed by atoms with Crippen LogP contribution in [0.25, 0.3) is 0 Å². The van der Waals surface area contributed by atoms with Crippen molar-refractivity contribution in [2.45, 2.75) is 20.3 Å². The van der Waals surface area contributed by atoms with Crippen molar-refractivity contribution in [3.63, 3.8) is 0 Å². The Morgan fingerprint density at radius 3 is 2.50 bits per heavy atom. The number of rotatable bonds is 1. The van der Waals surface area contributed by atoms with Crippen LogP contribution >= 0.6 is 0 Å². The zero-order valence-electron chi connectivity index (χ0n) is 4.28. The van der Waals surface area contributed by atoms with Gasteiger partial charge >= 0.3 is 0 Å². The molecule has 0 spiro atoms. The van der Waals surface area contributed by atoms with Crippen LogP contribution in [0.5, 0.6) is 0 Å². The first-order valence-corrected chi connectivity index (χ1v) is 2.09. The van der Waals surface area contributed by atoms with Gasteiger partial charge in [-0.05, 0) is 13.3 Å². The minimum Gasteiger partial charge on any atom is -0.107 e. The highest BCUT2D eigenvalue weighted by molar-refractivity contribution is 4.97. The third-order valence-electron chi connectivity index (χ3n) is 0.483. The maximum atomic E-state index is 2.89. The SMILES string of the molecule is CC#CC[CH]C.